The van der Waals surface area contributed by atoms with Crippen molar-refractivity contribution >= 4 is 62.3 Å². The predicted molar refractivity (Wildman–Crippen MR) is 164 cm³/mol. The molecule has 7 nitrogen and oxygen atoms in total. The van der Waals surface area contributed by atoms with Crippen molar-refractivity contribution in [3.63, 3.8) is 0 Å². The molecule has 1 aliphatic rings. The summed E-state index contributed by atoms with van der Waals surface area (Å²) in [7, 11) is -4.17. The molecule has 0 saturated heterocycles. The Morgan fingerprint density at radius 2 is 1.59 bits per heavy atom. The third-order valence-electron chi connectivity index (χ3n) is 7.18. The van der Waals surface area contributed by atoms with E-state index >= 15 is 0 Å². The van der Waals surface area contributed by atoms with Gasteiger partial charge in [-0.3, -0.25) is 13.9 Å². The van der Waals surface area contributed by atoms with Gasteiger partial charge in [-0.25, -0.2) is 8.42 Å². The molecule has 2 amide bonds. The lowest BCUT2D eigenvalue weighted by atomic mass is 9.95. The lowest BCUT2D eigenvalue weighted by Gasteiger charge is -2.33. The van der Waals surface area contributed by atoms with Gasteiger partial charge in [0.1, 0.15) is 12.6 Å². The molecule has 0 heterocycles. The van der Waals surface area contributed by atoms with Gasteiger partial charge in [0.15, 0.2) is 0 Å². The maximum atomic E-state index is 14.0. The Morgan fingerprint density at radius 1 is 0.902 bits per heavy atom. The Labute approximate surface area is 256 Å². The van der Waals surface area contributed by atoms with Crippen LogP contribution in [0.3, 0.4) is 0 Å². The normalized spacial score (nSPS) is 14.7. The molecule has 0 radical (unpaired) electrons. The minimum Gasteiger partial charge on any atom is -0.352 e. The number of benzene rings is 3. The van der Waals surface area contributed by atoms with E-state index in [1.807, 2.05) is 0 Å². The van der Waals surface area contributed by atoms with Crippen LogP contribution in [0.25, 0.3) is 0 Å². The number of carbonyl (C=O) groups excluding carboxylic acids is 2. The monoisotopic (exact) mass is 635 g/mol. The summed E-state index contributed by atoms with van der Waals surface area (Å²) in [6, 6.07) is 18.2. The second-order valence-electron chi connectivity index (χ2n) is 10.1. The first-order chi connectivity index (χ1) is 19.6. The van der Waals surface area contributed by atoms with Gasteiger partial charge in [-0.15, -0.1) is 0 Å². The van der Waals surface area contributed by atoms with Crippen LogP contribution in [0.2, 0.25) is 15.1 Å². The van der Waals surface area contributed by atoms with E-state index in [1.54, 1.807) is 61.5 Å². The number of nitrogens with one attached hydrogen (secondary N) is 1. The molecular formula is C30H32Cl3N3O4S. The molecule has 41 heavy (non-hydrogen) atoms. The molecule has 0 aromatic heterocycles. The molecular weight excluding hydrogens is 605 g/mol. The zero-order valence-electron chi connectivity index (χ0n) is 22.6. The first-order valence-electron chi connectivity index (χ1n) is 13.4. The van der Waals surface area contributed by atoms with Gasteiger partial charge < -0.3 is 10.2 Å². The number of amides is 2. The average Bonchev–Trinajstić information content (AvgIpc) is 2.96. The second kappa shape index (κ2) is 13.9. The molecule has 218 valence electrons. The SMILES string of the molecule is C[C@H](C(=O)NC1CCCCC1)N(Cc1ccc(Cl)cc1Cl)C(=O)CN(c1cccc(Cl)c1)S(=O)(=O)c1ccccc1. The van der Waals surface area contributed by atoms with Gasteiger partial charge in [-0.2, -0.15) is 0 Å². The predicted octanol–water partition coefficient (Wildman–Crippen LogP) is 6.71. The number of hydrogen-bond donors (Lipinski definition) is 1. The van der Waals surface area contributed by atoms with E-state index in [9.17, 15) is 18.0 Å². The zero-order valence-corrected chi connectivity index (χ0v) is 25.7. The van der Waals surface area contributed by atoms with Crippen molar-refractivity contribution in [1.29, 1.82) is 0 Å². The smallest absolute Gasteiger partial charge is 0.264 e. The summed E-state index contributed by atoms with van der Waals surface area (Å²) < 4.78 is 28.6. The molecule has 4 rings (SSSR count). The van der Waals surface area contributed by atoms with Gasteiger partial charge in [0, 0.05) is 27.7 Å². The summed E-state index contributed by atoms with van der Waals surface area (Å²) in [5, 5.41) is 4.15. The van der Waals surface area contributed by atoms with Crippen LogP contribution >= 0.6 is 34.8 Å². The Morgan fingerprint density at radius 3 is 2.24 bits per heavy atom. The van der Waals surface area contributed by atoms with Crippen molar-refractivity contribution in [3.8, 4) is 0 Å². The molecule has 0 aliphatic heterocycles. The first-order valence-corrected chi connectivity index (χ1v) is 16.0. The molecule has 3 aromatic carbocycles. The van der Waals surface area contributed by atoms with E-state index in [0.29, 0.717) is 20.6 Å². The van der Waals surface area contributed by atoms with E-state index in [-0.39, 0.29) is 29.1 Å². The fourth-order valence-electron chi connectivity index (χ4n) is 4.86. The molecule has 1 aliphatic carbocycles. The van der Waals surface area contributed by atoms with Crippen molar-refractivity contribution in [2.24, 2.45) is 0 Å². The van der Waals surface area contributed by atoms with Crippen LogP contribution in [-0.4, -0.2) is 43.8 Å². The van der Waals surface area contributed by atoms with Crippen LogP contribution in [-0.2, 0) is 26.2 Å². The molecule has 1 saturated carbocycles. The second-order valence-corrected chi connectivity index (χ2v) is 13.2. The summed E-state index contributed by atoms with van der Waals surface area (Å²) in [5.74, 6) is -0.891. The number of carbonyl (C=O) groups is 2. The van der Waals surface area contributed by atoms with E-state index in [2.05, 4.69) is 5.32 Å². The fourth-order valence-corrected chi connectivity index (χ4v) is 6.94. The van der Waals surface area contributed by atoms with Crippen molar-refractivity contribution < 1.29 is 18.0 Å². The highest BCUT2D eigenvalue weighted by atomic mass is 35.5. The number of nitrogens with zero attached hydrogens (tertiary/aromatic N) is 2. The van der Waals surface area contributed by atoms with E-state index in [0.717, 1.165) is 36.4 Å². The molecule has 1 atom stereocenters. The van der Waals surface area contributed by atoms with E-state index in [1.165, 1.54) is 23.1 Å². The Hall–Kier alpha value is -2.78. The van der Waals surface area contributed by atoms with Crippen LogP contribution in [0.1, 0.15) is 44.6 Å². The summed E-state index contributed by atoms with van der Waals surface area (Å²) >= 11 is 18.7. The van der Waals surface area contributed by atoms with Gasteiger partial charge in [-0.05, 0) is 67.8 Å². The highest BCUT2D eigenvalue weighted by Gasteiger charge is 2.33. The maximum absolute atomic E-state index is 14.0. The topological polar surface area (TPSA) is 86.8 Å². The molecule has 1 N–H and O–H groups in total. The highest BCUT2D eigenvalue weighted by Crippen LogP contribution is 2.28. The highest BCUT2D eigenvalue weighted by molar-refractivity contribution is 7.92. The molecule has 1 fully saturated rings. The maximum Gasteiger partial charge on any atom is 0.264 e. The summed E-state index contributed by atoms with van der Waals surface area (Å²) in [4.78, 5) is 28.8. The third-order valence-corrected chi connectivity index (χ3v) is 9.79. The third kappa shape index (κ3) is 7.95. The number of halogens is 3. The summed E-state index contributed by atoms with van der Waals surface area (Å²) in [6.45, 7) is 1.04. The van der Waals surface area contributed by atoms with E-state index < -0.39 is 28.5 Å². The minimum atomic E-state index is -4.17. The zero-order chi connectivity index (χ0) is 29.6. The minimum absolute atomic E-state index is 0.0168. The fraction of sp³-hybridized carbons (Fsp3) is 0.333. The molecule has 0 unspecified atom stereocenters. The lowest BCUT2D eigenvalue weighted by molar-refractivity contribution is -0.139. The number of anilines is 1. The summed E-state index contributed by atoms with van der Waals surface area (Å²) in [6.07, 6.45) is 4.97. The van der Waals surface area contributed by atoms with Crippen LogP contribution in [0.15, 0.2) is 77.7 Å². The van der Waals surface area contributed by atoms with Crippen molar-refractivity contribution in [2.45, 2.75) is 62.6 Å². The molecule has 3 aromatic rings. The number of hydrogen-bond acceptors (Lipinski definition) is 4. The average molecular weight is 637 g/mol. The van der Waals surface area contributed by atoms with Crippen LogP contribution < -0.4 is 9.62 Å². The van der Waals surface area contributed by atoms with Crippen molar-refractivity contribution in [2.75, 3.05) is 10.8 Å². The summed E-state index contributed by atoms with van der Waals surface area (Å²) in [5.41, 5.74) is 0.792. The number of sulfonamides is 1. The quantitative estimate of drug-likeness (QED) is 0.268. The molecule has 0 spiro atoms. The van der Waals surface area contributed by atoms with Gasteiger partial charge in [0.2, 0.25) is 11.8 Å². The van der Waals surface area contributed by atoms with Crippen LogP contribution in [0.4, 0.5) is 5.69 Å². The van der Waals surface area contributed by atoms with Gasteiger partial charge in [-0.1, -0.05) is 84.4 Å². The van der Waals surface area contributed by atoms with Crippen LogP contribution in [0, 0.1) is 0 Å². The Balaban J connectivity index is 1.69. The van der Waals surface area contributed by atoms with Gasteiger partial charge >= 0.3 is 0 Å². The lowest BCUT2D eigenvalue weighted by Crippen LogP contribution is -2.53. The van der Waals surface area contributed by atoms with Crippen molar-refractivity contribution in [1.82, 2.24) is 10.2 Å². The van der Waals surface area contributed by atoms with Gasteiger partial charge in [0.05, 0.1) is 10.6 Å². The standard InChI is InChI=1S/C30H32Cl3N3O4S/c1-21(30(38)34-25-10-4-2-5-11-25)35(19-22-15-16-24(32)18-28(22)33)29(37)20-36(26-12-8-9-23(31)17-26)41(39,40)27-13-6-3-7-14-27/h3,6-9,12-18,21,25H,2,4-5,10-11,19-20H2,1H3,(H,34,38)/t21-/m1/s1. The van der Waals surface area contributed by atoms with Crippen molar-refractivity contribution in [3.05, 3.63) is 93.4 Å². The van der Waals surface area contributed by atoms with Gasteiger partial charge in [0.25, 0.3) is 10.0 Å². The van der Waals surface area contributed by atoms with E-state index in [4.69, 9.17) is 34.8 Å². The number of rotatable bonds is 10. The Bertz CT molecular complexity index is 1480. The molecule has 11 heteroatoms. The largest absolute Gasteiger partial charge is 0.352 e. The Kier molecular flexibility index (Phi) is 10.6. The first kappa shape index (κ1) is 31.2. The molecule has 0 bridgehead atoms. The van der Waals surface area contributed by atoms with Crippen LogP contribution in [0.5, 0.6) is 0 Å².